The van der Waals surface area contributed by atoms with Gasteiger partial charge in [-0.3, -0.25) is 0 Å². The fourth-order valence-electron chi connectivity index (χ4n) is 2.71. The molecule has 1 N–H and O–H groups in total. The fourth-order valence-corrected chi connectivity index (χ4v) is 3.84. The van der Waals surface area contributed by atoms with Gasteiger partial charge in [-0.15, -0.1) is 11.8 Å². The summed E-state index contributed by atoms with van der Waals surface area (Å²) in [6, 6.07) is 4.75. The van der Waals surface area contributed by atoms with Crippen molar-refractivity contribution in [3.63, 3.8) is 0 Å². The van der Waals surface area contributed by atoms with E-state index in [9.17, 15) is 13.2 Å². The van der Waals surface area contributed by atoms with E-state index < -0.39 is 11.7 Å². The summed E-state index contributed by atoms with van der Waals surface area (Å²) >= 11 is 1.56. The Morgan fingerprint density at radius 3 is 2.57 bits per heavy atom. The Hall–Kier alpha value is -0.680. The predicted octanol–water partition coefficient (Wildman–Crippen LogP) is 5.10. The molecular weight excluding hydrogens is 295 g/mol. The monoisotopic (exact) mass is 317 g/mol. The molecule has 0 spiro atoms. The standard InChI is InChI=1S/C16H22F3NS/c1-2-20-10-13-7-8-14(9-15(13)16(17,18)19)21-11-12-5-3-4-6-12/h7-9,12,20H,2-6,10-11H2,1H3. The van der Waals surface area contributed by atoms with Crippen LogP contribution in [0, 0.1) is 5.92 Å². The second kappa shape index (κ2) is 7.54. The molecule has 0 aliphatic heterocycles. The van der Waals surface area contributed by atoms with Crippen molar-refractivity contribution in [2.24, 2.45) is 5.92 Å². The van der Waals surface area contributed by atoms with Gasteiger partial charge in [-0.05, 0) is 43.0 Å². The quantitative estimate of drug-likeness (QED) is 0.733. The molecular formula is C16H22F3NS. The molecule has 1 aromatic rings. The van der Waals surface area contributed by atoms with Crippen LogP contribution in [0.3, 0.4) is 0 Å². The Bertz CT molecular complexity index is 453. The van der Waals surface area contributed by atoms with Gasteiger partial charge in [0, 0.05) is 17.2 Å². The molecule has 21 heavy (non-hydrogen) atoms. The van der Waals surface area contributed by atoms with Crippen LogP contribution in [0.5, 0.6) is 0 Å². The molecule has 1 fully saturated rings. The summed E-state index contributed by atoms with van der Waals surface area (Å²) in [7, 11) is 0. The first-order valence-electron chi connectivity index (χ1n) is 7.54. The van der Waals surface area contributed by atoms with Crippen LogP contribution in [0.25, 0.3) is 0 Å². The average molecular weight is 317 g/mol. The molecule has 1 saturated carbocycles. The van der Waals surface area contributed by atoms with E-state index in [4.69, 9.17) is 0 Å². The van der Waals surface area contributed by atoms with E-state index in [-0.39, 0.29) is 6.54 Å². The van der Waals surface area contributed by atoms with E-state index in [1.807, 2.05) is 13.0 Å². The van der Waals surface area contributed by atoms with Gasteiger partial charge >= 0.3 is 6.18 Å². The molecule has 0 radical (unpaired) electrons. The number of hydrogen-bond acceptors (Lipinski definition) is 2. The lowest BCUT2D eigenvalue weighted by atomic mass is 10.1. The Labute approximate surface area is 128 Å². The Kier molecular flexibility index (Phi) is 5.99. The minimum Gasteiger partial charge on any atom is -0.313 e. The molecule has 1 aromatic carbocycles. The van der Waals surface area contributed by atoms with Crippen LogP contribution in [0.1, 0.15) is 43.7 Å². The molecule has 5 heteroatoms. The zero-order valence-corrected chi connectivity index (χ0v) is 13.1. The van der Waals surface area contributed by atoms with Gasteiger partial charge in [0.15, 0.2) is 0 Å². The summed E-state index contributed by atoms with van der Waals surface area (Å²) in [6.07, 6.45) is 0.686. The van der Waals surface area contributed by atoms with Gasteiger partial charge < -0.3 is 5.32 Å². The number of halogens is 3. The van der Waals surface area contributed by atoms with Gasteiger partial charge in [0.05, 0.1) is 5.56 Å². The zero-order chi connectivity index (χ0) is 15.3. The van der Waals surface area contributed by atoms with E-state index >= 15 is 0 Å². The lowest BCUT2D eigenvalue weighted by molar-refractivity contribution is -0.138. The van der Waals surface area contributed by atoms with Gasteiger partial charge in [0.25, 0.3) is 0 Å². The largest absolute Gasteiger partial charge is 0.416 e. The third kappa shape index (κ3) is 4.92. The van der Waals surface area contributed by atoms with Crippen molar-refractivity contribution in [3.05, 3.63) is 29.3 Å². The summed E-state index contributed by atoms with van der Waals surface area (Å²) in [5.41, 5.74) is -0.172. The molecule has 0 unspecified atom stereocenters. The minimum atomic E-state index is -4.28. The molecule has 118 valence electrons. The van der Waals surface area contributed by atoms with Crippen molar-refractivity contribution in [2.75, 3.05) is 12.3 Å². The van der Waals surface area contributed by atoms with E-state index in [1.165, 1.54) is 31.7 Å². The first-order valence-corrected chi connectivity index (χ1v) is 8.53. The summed E-state index contributed by atoms with van der Waals surface area (Å²) < 4.78 is 39.5. The first kappa shape index (κ1) is 16.7. The molecule has 0 bridgehead atoms. The Morgan fingerprint density at radius 2 is 1.95 bits per heavy atom. The minimum absolute atomic E-state index is 0.263. The highest BCUT2D eigenvalue weighted by atomic mass is 32.2. The smallest absolute Gasteiger partial charge is 0.313 e. The van der Waals surface area contributed by atoms with Crippen molar-refractivity contribution in [1.29, 1.82) is 0 Å². The van der Waals surface area contributed by atoms with Crippen LogP contribution in [-0.2, 0) is 12.7 Å². The molecule has 2 rings (SSSR count). The van der Waals surface area contributed by atoms with Gasteiger partial charge in [-0.2, -0.15) is 13.2 Å². The number of nitrogens with one attached hydrogen (secondary N) is 1. The number of thioether (sulfide) groups is 1. The van der Waals surface area contributed by atoms with Gasteiger partial charge in [-0.1, -0.05) is 25.8 Å². The number of alkyl halides is 3. The molecule has 0 aromatic heterocycles. The third-order valence-electron chi connectivity index (χ3n) is 3.91. The molecule has 0 atom stereocenters. The van der Waals surface area contributed by atoms with Crippen LogP contribution in [-0.4, -0.2) is 12.3 Å². The third-order valence-corrected chi connectivity index (χ3v) is 5.14. The van der Waals surface area contributed by atoms with Crippen LogP contribution in [0.15, 0.2) is 23.1 Å². The van der Waals surface area contributed by atoms with Crippen molar-refractivity contribution < 1.29 is 13.2 Å². The molecule has 1 aliphatic carbocycles. The Morgan fingerprint density at radius 1 is 1.24 bits per heavy atom. The van der Waals surface area contributed by atoms with Crippen LogP contribution < -0.4 is 5.32 Å². The first-order chi connectivity index (χ1) is 10.0. The second-order valence-electron chi connectivity index (χ2n) is 5.56. The molecule has 0 amide bonds. The number of benzene rings is 1. The second-order valence-corrected chi connectivity index (χ2v) is 6.65. The van der Waals surface area contributed by atoms with Gasteiger partial charge in [0.2, 0.25) is 0 Å². The molecule has 1 nitrogen and oxygen atoms in total. The highest BCUT2D eigenvalue weighted by Crippen LogP contribution is 2.36. The average Bonchev–Trinajstić information content (AvgIpc) is 2.95. The van der Waals surface area contributed by atoms with Crippen molar-refractivity contribution in [2.45, 2.75) is 50.2 Å². The lowest BCUT2D eigenvalue weighted by Gasteiger charge is -2.15. The maximum atomic E-state index is 13.2. The Balaban J connectivity index is 2.08. The highest BCUT2D eigenvalue weighted by molar-refractivity contribution is 7.99. The van der Waals surface area contributed by atoms with Gasteiger partial charge in [0.1, 0.15) is 0 Å². The van der Waals surface area contributed by atoms with E-state index in [0.717, 1.165) is 10.6 Å². The van der Waals surface area contributed by atoms with E-state index in [2.05, 4.69) is 5.32 Å². The SMILES string of the molecule is CCNCc1ccc(SCC2CCCC2)cc1C(F)(F)F. The topological polar surface area (TPSA) is 12.0 Å². The van der Waals surface area contributed by atoms with Crippen molar-refractivity contribution >= 4 is 11.8 Å². The number of hydrogen-bond donors (Lipinski definition) is 1. The van der Waals surface area contributed by atoms with E-state index in [1.54, 1.807) is 17.8 Å². The van der Waals surface area contributed by atoms with Crippen molar-refractivity contribution in [1.82, 2.24) is 5.32 Å². The van der Waals surface area contributed by atoms with Crippen molar-refractivity contribution in [3.8, 4) is 0 Å². The fraction of sp³-hybridized carbons (Fsp3) is 0.625. The molecule has 0 saturated heterocycles. The summed E-state index contributed by atoms with van der Waals surface area (Å²) in [4.78, 5) is 0.731. The summed E-state index contributed by atoms with van der Waals surface area (Å²) in [6.45, 7) is 2.81. The normalized spacial score (nSPS) is 16.6. The molecule has 0 heterocycles. The predicted molar refractivity (Wildman–Crippen MR) is 81.5 cm³/mol. The highest BCUT2D eigenvalue weighted by Gasteiger charge is 2.33. The lowest BCUT2D eigenvalue weighted by Crippen LogP contribution is -2.17. The summed E-state index contributed by atoms with van der Waals surface area (Å²) in [5, 5.41) is 2.97. The maximum absolute atomic E-state index is 13.2. The van der Waals surface area contributed by atoms with Crippen LogP contribution in [0.2, 0.25) is 0 Å². The van der Waals surface area contributed by atoms with Gasteiger partial charge in [-0.25, -0.2) is 0 Å². The van der Waals surface area contributed by atoms with E-state index in [0.29, 0.717) is 18.0 Å². The summed E-state index contributed by atoms with van der Waals surface area (Å²) in [5.74, 6) is 1.61. The maximum Gasteiger partial charge on any atom is 0.416 e. The zero-order valence-electron chi connectivity index (χ0n) is 12.3. The molecule has 1 aliphatic rings. The van der Waals surface area contributed by atoms with Crippen LogP contribution in [0.4, 0.5) is 13.2 Å². The van der Waals surface area contributed by atoms with Crippen LogP contribution >= 0.6 is 11.8 Å². The number of rotatable bonds is 6.